The zero-order valence-electron chi connectivity index (χ0n) is 17.9. The monoisotopic (exact) mass is 451 g/mol. The molecule has 0 saturated carbocycles. The summed E-state index contributed by atoms with van der Waals surface area (Å²) in [5.41, 5.74) is 10.2. The minimum absolute atomic E-state index is 0.340. The van der Waals surface area contributed by atoms with Crippen LogP contribution in [0.5, 0.6) is 0 Å². The SMILES string of the molecule is Nc1cnc(Nc2cccc(NC(=O)Nc3ccccc3)c2)nc1Nc1ccc2cn[nH]c2c1. The van der Waals surface area contributed by atoms with E-state index in [1.807, 2.05) is 60.7 Å². The summed E-state index contributed by atoms with van der Waals surface area (Å²) in [6.45, 7) is 0. The fraction of sp³-hybridized carbons (Fsp3) is 0. The Morgan fingerprint density at radius 2 is 1.56 bits per heavy atom. The van der Waals surface area contributed by atoms with Gasteiger partial charge in [0.1, 0.15) is 0 Å². The van der Waals surface area contributed by atoms with Gasteiger partial charge >= 0.3 is 6.03 Å². The number of carbonyl (C=O) groups excluding carboxylic acids is 1. The smallest absolute Gasteiger partial charge is 0.323 e. The minimum Gasteiger partial charge on any atom is -0.394 e. The Kier molecular flexibility index (Phi) is 5.60. The van der Waals surface area contributed by atoms with Crippen molar-refractivity contribution in [1.29, 1.82) is 0 Å². The molecule has 10 heteroatoms. The van der Waals surface area contributed by atoms with Crippen LogP contribution in [0.25, 0.3) is 10.9 Å². The van der Waals surface area contributed by atoms with Gasteiger partial charge in [-0.15, -0.1) is 0 Å². The van der Waals surface area contributed by atoms with Crippen LogP contribution in [0.4, 0.5) is 45.0 Å². The zero-order valence-corrected chi connectivity index (χ0v) is 17.9. The summed E-state index contributed by atoms with van der Waals surface area (Å²) in [5, 5.41) is 19.9. The fourth-order valence-corrected chi connectivity index (χ4v) is 3.32. The molecule has 5 rings (SSSR count). The summed E-state index contributed by atoms with van der Waals surface area (Å²) in [6, 6.07) is 21.9. The maximum Gasteiger partial charge on any atom is 0.323 e. The van der Waals surface area contributed by atoms with Gasteiger partial charge in [-0.25, -0.2) is 9.78 Å². The number of fused-ring (bicyclic) bond motifs is 1. The summed E-state index contributed by atoms with van der Waals surface area (Å²) in [5.74, 6) is 0.818. The third kappa shape index (κ3) is 4.86. The van der Waals surface area contributed by atoms with Crippen molar-refractivity contribution in [1.82, 2.24) is 20.2 Å². The Hall–Kier alpha value is -5.12. The molecule has 5 aromatic rings. The van der Waals surface area contributed by atoms with E-state index in [0.717, 1.165) is 16.6 Å². The predicted octanol–water partition coefficient (Wildman–Crippen LogP) is 5.07. The average Bonchev–Trinajstić information content (AvgIpc) is 3.30. The first-order valence-electron chi connectivity index (χ1n) is 10.5. The van der Waals surface area contributed by atoms with Crippen molar-refractivity contribution in [3.05, 3.63) is 85.2 Å². The first-order valence-corrected chi connectivity index (χ1v) is 10.5. The topological polar surface area (TPSA) is 146 Å². The van der Waals surface area contributed by atoms with Crippen LogP contribution in [-0.4, -0.2) is 26.2 Å². The molecule has 3 aromatic carbocycles. The van der Waals surface area contributed by atoms with Crippen LogP contribution in [0.3, 0.4) is 0 Å². The van der Waals surface area contributed by atoms with Crippen molar-refractivity contribution in [2.75, 3.05) is 27.0 Å². The lowest BCUT2D eigenvalue weighted by molar-refractivity contribution is 0.262. The van der Waals surface area contributed by atoms with E-state index in [0.29, 0.717) is 34.5 Å². The Morgan fingerprint density at radius 1 is 0.794 bits per heavy atom. The number of nitrogens with zero attached hydrogens (tertiary/aromatic N) is 3. The normalized spacial score (nSPS) is 10.6. The van der Waals surface area contributed by atoms with Gasteiger partial charge in [0.2, 0.25) is 5.95 Å². The van der Waals surface area contributed by atoms with Crippen LogP contribution in [0.15, 0.2) is 85.2 Å². The molecule has 0 saturated heterocycles. The second kappa shape index (κ2) is 9.17. The van der Waals surface area contributed by atoms with Crippen LogP contribution >= 0.6 is 0 Å². The highest BCUT2D eigenvalue weighted by Crippen LogP contribution is 2.25. The van der Waals surface area contributed by atoms with Crippen LogP contribution in [0.2, 0.25) is 0 Å². The molecule has 2 aromatic heterocycles. The van der Waals surface area contributed by atoms with E-state index in [1.165, 1.54) is 6.20 Å². The highest BCUT2D eigenvalue weighted by Gasteiger charge is 2.08. The molecular weight excluding hydrogens is 430 g/mol. The number of anilines is 7. The molecule has 2 heterocycles. The lowest BCUT2D eigenvalue weighted by Crippen LogP contribution is -2.19. The molecule has 0 aliphatic heterocycles. The van der Waals surface area contributed by atoms with E-state index < -0.39 is 0 Å². The third-order valence-electron chi connectivity index (χ3n) is 4.93. The molecule has 7 N–H and O–H groups in total. The summed E-state index contributed by atoms with van der Waals surface area (Å²) < 4.78 is 0. The number of benzene rings is 3. The molecule has 10 nitrogen and oxygen atoms in total. The Morgan fingerprint density at radius 3 is 2.44 bits per heavy atom. The lowest BCUT2D eigenvalue weighted by Gasteiger charge is -2.12. The lowest BCUT2D eigenvalue weighted by atomic mass is 10.2. The van der Waals surface area contributed by atoms with E-state index in [-0.39, 0.29) is 6.03 Å². The van der Waals surface area contributed by atoms with Crippen LogP contribution in [-0.2, 0) is 0 Å². The Bertz CT molecular complexity index is 1450. The van der Waals surface area contributed by atoms with Gasteiger partial charge in [0.25, 0.3) is 0 Å². The second-order valence-corrected chi connectivity index (χ2v) is 7.45. The maximum atomic E-state index is 12.3. The van der Waals surface area contributed by atoms with Crippen molar-refractivity contribution in [3.63, 3.8) is 0 Å². The molecule has 0 bridgehead atoms. The van der Waals surface area contributed by atoms with Crippen molar-refractivity contribution >= 4 is 57.1 Å². The molecule has 0 spiro atoms. The molecule has 0 unspecified atom stereocenters. The van der Waals surface area contributed by atoms with Gasteiger partial charge in [-0.2, -0.15) is 10.1 Å². The number of hydrogen-bond donors (Lipinski definition) is 6. The quantitative estimate of drug-likeness (QED) is 0.211. The fourth-order valence-electron chi connectivity index (χ4n) is 3.32. The van der Waals surface area contributed by atoms with Crippen molar-refractivity contribution in [2.45, 2.75) is 0 Å². The summed E-state index contributed by atoms with van der Waals surface area (Å²) in [4.78, 5) is 21.0. The van der Waals surface area contributed by atoms with Gasteiger partial charge in [0.05, 0.1) is 23.6 Å². The van der Waals surface area contributed by atoms with Gasteiger partial charge in [-0.3, -0.25) is 5.10 Å². The summed E-state index contributed by atoms with van der Waals surface area (Å²) in [6.07, 6.45) is 3.29. The number of nitrogens with one attached hydrogen (secondary N) is 5. The number of amides is 2. The minimum atomic E-state index is -0.340. The molecule has 34 heavy (non-hydrogen) atoms. The van der Waals surface area contributed by atoms with Gasteiger partial charge in [-0.05, 0) is 48.5 Å². The predicted molar refractivity (Wildman–Crippen MR) is 135 cm³/mol. The van der Waals surface area contributed by atoms with E-state index in [1.54, 1.807) is 18.3 Å². The average molecular weight is 451 g/mol. The second-order valence-electron chi connectivity index (χ2n) is 7.45. The number of urea groups is 1. The molecular formula is C24H21N9O. The van der Waals surface area contributed by atoms with Crippen molar-refractivity contribution < 1.29 is 4.79 Å². The first-order chi connectivity index (χ1) is 16.6. The van der Waals surface area contributed by atoms with E-state index in [4.69, 9.17) is 5.73 Å². The molecule has 0 fully saturated rings. The van der Waals surface area contributed by atoms with E-state index >= 15 is 0 Å². The number of nitrogens with two attached hydrogens (primary N) is 1. The Balaban J connectivity index is 1.28. The number of H-pyrrole nitrogens is 1. The van der Waals surface area contributed by atoms with E-state index in [9.17, 15) is 4.79 Å². The molecule has 0 aliphatic carbocycles. The number of para-hydroxylation sites is 1. The highest BCUT2D eigenvalue weighted by molar-refractivity contribution is 6.00. The zero-order chi connectivity index (χ0) is 23.3. The summed E-state index contributed by atoms with van der Waals surface area (Å²) >= 11 is 0. The van der Waals surface area contributed by atoms with Crippen LogP contribution in [0, 0.1) is 0 Å². The maximum absolute atomic E-state index is 12.3. The number of nitrogen functional groups attached to an aromatic ring is 1. The number of carbonyl (C=O) groups is 1. The number of aromatic amines is 1. The first kappa shape index (κ1) is 20.8. The molecule has 0 atom stereocenters. The van der Waals surface area contributed by atoms with Gasteiger partial charge in [0, 0.05) is 28.1 Å². The van der Waals surface area contributed by atoms with Crippen LogP contribution in [0.1, 0.15) is 0 Å². The molecule has 0 radical (unpaired) electrons. The molecule has 0 aliphatic rings. The number of hydrogen-bond acceptors (Lipinski definition) is 7. The number of rotatable bonds is 6. The van der Waals surface area contributed by atoms with E-state index in [2.05, 4.69) is 41.4 Å². The van der Waals surface area contributed by atoms with Crippen LogP contribution < -0.4 is 27.0 Å². The molecule has 2 amide bonds. The summed E-state index contributed by atoms with van der Waals surface area (Å²) in [7, 11) is 0. The molecule has 168 valence electrons. The van der Waals surface area contributed by atoms with Gasteiger partial charge in [-0.1, -0.05) is 24.3 Å². The largest absolute Gasteiger partial charge is 0.394 e. The number of aromatic nitrogens is 4. The van der Waals surface area contributed by atoms with Crippen molar-refractivity contribution in [2.24, 2.45) is 0 Å². The highest BCUT2D eigenvalue weighted by atomic mass is 16.2. The standard InChI is InChI=1S/C24H21N9O/c25-20-14-26-23(32-22(20)28-19-10-9-15-13-27-33-21(15)12-19)29-17-7-4-8-18(11-17)31-24(34)30-16-5-2-1-3-6-16/h1-14H,25H2,(H,27,33)(H2,30,31,34)(H2,26,28,29,32). The Labute approximate surface area is 194 Å². The third-order valence-corrected chi connectivity index (χ3v) is 4.93. The van der Waals surface area contributed by atoms with Crippen molar-refractivity contribution in [3.8, 4) is 0 Å². The van der Waals surface area contributed by atoms with Gasteiger partial charge < -0.3 is 27.0 Å². The van der Waals surface area contributed by atoms with Gasteiger partial charge in [0.15, 0.2) is 5.82 Å².